The summed E-state index contributed by atoms with van der Waals surface area (Å²) in [5.41, 5.74) is 0.777. The van der Waals surface area contributed by atoms with Gasteiger partial charge in [0.15, 0.2) is 17.5 Å². The van der Waals surface area contributed by atoms with E-state index in [0.717, 1.165) is 12.1 Å². The average molecular weight is 535 g/mol. The highest BCUT2D eigenvalue weighted by molar-refractivity contribution is 5.85. The molecule has 0 amide bonds. The van der Waals surface area contributed by atoms with Crippen LogP contribution < -0.4 is 9.47 Å². The molecule has 1 N–H and O–H groups in total. The summed E-state index contributed by atoms with van der Waals surface area (Å²) in [5, 5.41) is 10.7. The Morgan fingerprint density at radius 3 is 2.45 bits per heavy atom. The second-order valence-electron chi connectivity index (χ2n) is 9.72. The van der Waals surface area contributed by atoms with Crippen LogP contribution in [0.4, 0.5) is 17.6 Å². The summed E-state index contributed by atoms with van der Waals surface area (Å²) in [6.07, 6.45) is 1.15. The molecule has 204 valence electrons. The molecular weight excluding hydrogens is 504 g/mol. The number of hydrogen-bond acceptors (Lipinski definition) is 5. The van der Waals surface area contributed by atoms with Crippen molar-refractivity contribution in [3.05, 3.63) is 65.1 Å². The summed E-state index contributed by atoms with van der Waals surface area (Å²) in [5.74, 6) is -4.69. The van der Waals surface area contributed by atoms with Crippen molar-refractivity contribution in [3.8, 4) is 11.5 Å². The molecule has 1 atom stereocenters. The topological polar surface area (TPSA) is 71.9 Å². The molecule has 1 aliphatic rings. The van der Waals surface area contributed by atoms with E-state index >= 15 is 4.39 Å². The minimum atomic E-state index is -1.55. The summed E-state index contributed by atoms with van der Waals surface area (Å²) < 4.78 is 66.1. The monoisotopic (exact) mass is 534 g/mol. The van der Waals surface area contributed by atoms with Gasteiger partial charge in [0.25, 0.3) is 0 Å². The smallest absolute Gasteiger partial charge is 0.309 e. The van der Waals surface area contributed by atoms with Gasteiger partial charge in [-0.1, -0.05) is 0 Å². The van der Waals surface area contributed by atoms with Gasteiger partial charge in [0.05, 0.1) is 18.0 Å². The highest BCUT2D eigenvalue weighted by Gasteiger charge is 2.41. The van der Waals surface area contributed by atoms with E-state index < -0.39 is 35.0 Å². The van der Waals surface area contributed by atoms with Crippen molar-refractivity contribution >= 4 is 16.9 Å². The predicted octanol–water partition coefficient (Wildman–Crippen LogP) is 6.01. The summed E-state index contributed by atoms with van der Waals surface area (Å²) >= 11 is 0. The third kappa shape index (κ3) is 5.85. The van der Waals surface area contributed by atoms with Crippen LogP contribution in [0.3, 0.4) is 0 Å². The van der Waals surface area contributed by atoms with Gasteiger partial charge in [-0.05, 0) is 75.0 Å². The number of benzene rings is 2. The molecule has 1 unspecified atom stereocenters. The molecule has 0 aliphatic carbocycles. The lowest BCUT2D eigenvalue weighted by Gasteiger charge is -2.39. The first kappa shape index (κ1) is 27.6. The Balaban J connectivity index is 1.36. The van der Waals surface area contributed by atoms with Crippen LogP contribution in [0.15, 0.2) is 36.5 Å². The van der Waals surface area contributed by atoms with Gasteiger partial charge >= 0.3 is 5.97 Å². The number of aromatic nitrogens is 1. The number of aliphatic carboxylic acids is 1. The largest absolute Gasteiger partial charge is 0.497 e. The van der Waals surface area contributed by atoms with Crippen molar-refractivity contribution in [2.24, 2.45) is 5.41 Å². The van der Waals surface area contributed by atoms with E-state index in [-0.39, 0.29) is 25.2 Å². The summed E-state index contributed by atoms with van der Waals surface area (Å²) in [6.45, 7) is 3.18. The third-order valence-corrected chi connectivity index (χ3v) is 7.41. The molecule has 0 bridgehead atoms. The minimum absolute atomic E-state index is 0.0499. The molecule has 6 nitrogen and oxygen atoms in total. The molecule has 4 rings (SSSR count). The number of pyridine rings is 1. The normalized spacial score (nSPS) is 16.4. The number of alkyl halides is 1. The number of nitrogens with zero attached hydrogens (tertiary/aromatic N) is 2. The van der Waals surface area contributed by atoms with Gasteiger partial charge < -0.3 is 14.6 Å². The Morgan fingerprint density at radius 2 is 1.82 bits per heavy atom. The molecule has 3 aromatic rings. The van der Waals surface area contributed by atoms with Crippen LogP contribution >= 0.6 is 0 Å². The number of methoxy groups -OCH3 is 1. The first-order chi connectivity index (χ1) is 18.1. The number of piperidine rings is 1. The van der Waals surface area contributed by atoms with Crippen LogP contribution in [0.25, 0.3) is 10.9 Å². The molecule has 0 saturated carbocycles. The molecular formula is C28H30F4N2O4. The highest BCUT2D eigenvalue weighted by atomic mass is 19.2. The fourth-order valence-corrected chi connectivity index (χ4v) is 5.07. The molecule has 1 aliphatic heterocycles. The van der Waals surface area contributed by atoms with Crippen molar-refractivity contribution in [1.29, 1.82) is 0 Å². The van der Waals surface area contributed by atoms with Crippen LogP contribution in [-0.2, 0) is 4.79 Å². The molecule has 10 heteroatoms. The van der Waals surface area contributed by atoms with E-state index in [1.807, 2.05) is 4.90 Å². The SMILES string of the molecule is COc1ccc2ncc(C)c(C(F)CCC3(C(=O)O)CCN(CCOc4cc(F)c(F)c(F)c4)CC3)c2c1. The van der Waals surface area contributed by atoms with Crippen molar-refractivity contribution in [2.75, 3.05) is 33.4 Å². The van der Waals surface area contributed by atoms with Gasteiger partial charge in [-0.15, -0.1) is 0 Å². The first-order valence-electron chi connectivity index (χ1n) is 12.4. The fraction of sp³-hybridized carbons (Fsp3) is 0.429. The zero-order valence-electron chi connectivity index (χ0n) is 21.3. The molecule has 1 aromatic heterocycles. The first-order valence-corrected chi connectivity index (χ1v) is 12.4. The third-order valence-electron chi connectivity index (χ3n) is 7.41. The number of halogens is 4. The predicted molar refractivity (Wildman–Crippen MR) is 134 cm³/mol. The van der Waals surface area contributed by atoms with E-state index in [9.17, 15) is 23.1 Å². The van der Waals surface area contributed by atoms with E-state index in [1.54, 1.807) is 31.3 Å². The molecule has 38 heavy (non-hydrogen) atoms. The second kappa shape index (κ2) is 11.6. The summed E-state index contributed by atoms with van der Waals surface area (Å²) in [7, 11) is 1.54. The highest BCUT2D eigenvalue weighted by Crippen LogP contribution is 2.41. The maximum atomic E-state index is 15.7. The number of aryl methyl sites for hydroxylation is 1. The van der Waals surface area contributed by atoms with Crippen LogP contribution in [-0.4, -0.2) is 54.3 Å². The molecule has 2 aromatic carbocycles. The van der Waals surface area contributed by atoms with Crippen molar-refractivity contribution in [1.82, 2.24) is 9.88 Å². The number of carbonyl (C=O) groups is 1. The maximum absolute atomic E-state index is 15.7. The Labute approximate surface area is 218 Å². The number of hydrogen-bond donors (Lipinski definition) is 1. The van der Waals surface area contributed by atoms with E-state index in [4.69, 9.17) is 9.47 Å². The number of fused-ring (bicyclic) bond motifs is 1. The Hall–Kier alpha value is -3.40. The van der Waals surface area contributed by atoms with Crippen LogP contribution in [0.5, 0.6) is 11.5 Å². The number of carboxylic acids is 1. The second-order valence-corrected chi connectivity index (χ2v) is 9.72. The van der Waals surface area contributed by atoms with Gasteiger partial charge in [-0.25, -0.2) is 17.6 Å². The number of ether oxygens (including phenoxy) is 2. The summed E-state index contributed by atoms with van der Waals surface area (Å²) in [4.78, 5) is 18.6. The summed E-state index contributed by atoms with van der Waals surface area (Å²) in [6, 6.07) is 6.84. The minimum Gasteiger partial charge on any atom is -0.497 e. The molecule has 0 spiro atoms. The molecule has 0 radical (unpaired) electrons. The van der Waals surface area contributed by atoms with Gasteiger partial charge in [0.2, 0.25) is 0 Å². The number of carboxylic acid groups (broad SMARTS) is 1. The average Bonchev–Trinajstić information content (AvgIpc) is 2.90. The molecule has 1 saturated heterocycles. The van der Waals surface area contributed by atoms with Gasteiger partial charge in [0, 0.05) is 30.3 Å². The van der Waals surface area contributed by atoms with E-state index in [1.165, 1.54) is 7.11 Å². The lowest BCUT2D eigenvalue weighted by molar-refractivity contribution is -0.153. The standard InChI is InChI=1S/C28H30F4N2O4/c1-17-16-33-24-4-3-18(37-2)13-20(24)25(17)21(29)5-6-28(27(35)36)7-9-34(10-8-28)11-12-38-19-14-22(30)26(32)23(31)15-19/h3-4,13-16,21H,5-12H2,1-2H3,(H,35,36). The molecule has 2 heterocycles. The quantitative estimate of drug-likeness (QED) is 0.254. The maximum Gasteiger partial charge on any atom is 0.309 e. The van der Waals surface area contributed by atoms with Crippen molar-refractivity contribution in [3.63, 3.8) is 0 Å². The van der Waals surface area contributed by atoms with E-state index in [2.05, 4.69) is 4.98 Å². The van der Waals surface area contributed by atoms with Gasteiger partial charge in [-0.2, -0.15) is 0 Å². The van der Waals surface area contributed by atoms with Gasteiger partial charge in [-0.3, -0.25) is 14.7 Å². The van der Waals surface area contributed by atoms with Crippen LogP contribution in [0, 0.1) is 29.8 Å². The lowest BCUT2D eigenvalue weighted by atomic mass is 9.74. The Bertz CT molecular complexity index is 1290. The number of likely N-dealkylation sites (tertiary alicyclic amines) is 1. The Morgan fingerprint density at radius 1 is 1.13 bits per heavy atom. The van der Waals surface area contributed by atoms with Gasteiger partial charge in [0.1, 0.15) is 24.3 Å². The van der Waals surface area contributed by atoms with Crippen molar-refractivity contribution in [2.45, 2.75) is 38.8 Å². The molecule has 1 fully saturated rings. The van der Waals surface area contributed by atoms with E-state index in [0.29, 0.717) is 60.3 Å². The Kier molecular flexibility index (Phi) is 8.40. The zero-order valence-corrected chi connectivity index (χ0v) is 21.3. The van der Waals surface area contributed by atoms with Crippen molar-refractivity contribution < 1.29 is 36.9 Å². The van der Waals surface area contributed by atoms with Crippen LogP contribution in [0.1, 0.15) is 43.0 Å². The number of rotatable bonds is 10. The zero-order chi connectivity index (χ0) is 27.4. The lowest BCUT2D eigenvalue weighted by Crippen LogP contribution is -2.45. The fourth-order valence-electron chi connectivity index (χ4n) is 5.07. The van der Waals surface area contributed by atoms with Crippen LogP contribution in [0.2, 0.25) is 0 Å².